The molecule has 1 heterocycles. The number of nitrogens with one attached hydrogen (secondary N) is 3. The molecular formula is C21H17ClFN5O2. The van der Waals surface area contributed by atoms with Crippen LogP contribution in [0.15, 0.2) is 54.7 Å². The lowest BCUT2D eigenvalue weighted by molar-refractivity contribution is 0.102. The summed E-state index contributed by atoms with van der Waals surface area (Å²) in [5.74, 6) is -2.10. The Bertz CT molecular complexity index is 1150. The molecule has 0 bridgehead atoms. The van der Waals surface area contributed by atoms with Crippen molar-refractivity contribution in [3.8, 4) is 0 Å². The first-order chi connectivity index (χ1) is 14.2. The number of hydrogen-bond acceptors (Lipinski definition) is 4. The van der Waals surface area contributed by atoms with Crippen LogP contribution in [0.4, 0.5) is 15.9 Å². The molecular weight excluding hydrogens is 409 g/mol. The molecule has 7 nitrogen and oxygen atoms in total. The Morgan fingerprint density at radius 2 is 1.77 bits per heavy atom. The minimum Gasteiger partial charge on any atom is -0.384 e. The Morgan fingerprint density at radius 3 is 2.40 bits per heavy atom. The van der Waals surface area contributed by atoms with Crippen molar-refractivity contribution in [3.63, 3.8) is 0 Å². The van der Waals surface area contributed by atoms with Crippen LogP contribution in [0.1, 0.15) is 31.8 Å². The third kappa shape index (κ3) is 4.79. The molecule has 0 radical (unpaired) electrons. The van der Waals surface area contributed by atoms with Crippen LogP contribution in [0.2, 0.25) is 5.02 Å². The molecule has 2 amide bonds. The van der Waals surface area contributed by atoms with Crippen LogP contribution in [0, 0.1) is 18.2 Å². The van der Waals surface area contributed by atoms with Crippen molar-refractivity contribution < 1.29 is 14.0 Å². The molecule has 0 aliphatic heterocycles. The van der Waals surface area contributed by atoms with E-state index < -0.39 is 17.6 Å². The number of benzene rings is 2. The Balaban J connectivity index is 1.86. The molecule has 0 saturated heterocycles. The number of rotatable bonds is 5. The second kappa shape index (κ2) is 8.71. The Morgan fingerprint density at radius 1 is 1.03 bits per heavy atom. The number of halogens is 2. The highest BCUT2D eigenvalue weighted by atomic mass is 35.5. The highest BCUT2D eigenvalue weighted by molar-refractivity contribution is 6.30. The number of amidine groups is 1. The van der Waals surface area contributed by atoms with Crippen LogP contribution in [0.3, 0.4) is 0 Å². The number of carbonyl (C=O) groups is 2. The molecule has 0 fully saturated rings. The number of amides is 2. The molecule has 152 valence electrons. The summed E-state index contributed by atoms with van der Waals surface area (Å²) in [7, 11) is 0. The van der Waals surface area contributed by atoms with E-state index in [1.165, 1.54) is 18.3 Å². The van der Waals surface area contributed by atoms with E-state index in [0.717, 1.165) is 11.6 Å². The highest BCUT2D eigenvalue weighted by Gasteiger charge is 2.18. The number of hydrogen-bond donors (Lipinski definition) is 4. The molecule has 0 aliphatic carbocycles. The lowest BCUT2D eigenvalue weighted by Gasteiger charge is -2.13. The second-order valence-corrected chi connectivity index (χ2v) is 6.86. The number of aryl methyl sites for hydroxylation is 1. The Hall–Kier alpha value is -3.78. The Labute approximate surface area is 176 Å². The molecule has 30 heavy (non-hydrogen) atoms. The number of carbonyl (C=O) groups excluding carboxylic acids is 2. The van der Waals surface area contributed by atoms with Gasteiger partial charge in [-0.05, 0) is 43.3 Å². The number of aromatic nitrogens is 1. The molecule has 0 unspecified atom stereocenters. The summed E-state index contributed by atoms with van der Waals surface area (Å²) < 4.78 is 14.3. The van der Waals surface area contributed by atoms with Gasteiger partial charge in [-0.15, -0.1) is 0 Å². The SMILES string of the molecule is Cc1ccc(NC(=O)c2ccc(C(=N)N)cc2F)c(C(=O)Nc2ccc(Cl)cn2)c1. The van der Waals surface area contributed by atoms with Crippen molar-refractivity contribution in [2.75, 3.05) is 10.6 Å². The smallest absolute Gasteiger partial charge is 0.258 e. The summed E-state index contributed by atoms with van der Waals surface area (Å²) in [6, 6.07) is 11.6. The van der Waals surface area contributed by atoms with Crippen molar-refractivity contribution >= 4 is 40.8 Å². The van der Waals surface area contributed by atoms with E-state index >= 15 is 0 Å². The van der Waals surface area contributed by atoms with Crippen LogP contribution in [-0.2, 0) is 0 Å². The number of nitrogens with two attached hydrogens (primary N) is 1. The van der Waals surface area contributed by atoms with Gasteiger partial charge in [-0.3, -0.25) is 15.0 Å². The predicted octanol–water partition coefficient (Wildman–Crippen LogP) is 3.97. The molecule has 9 heteroatoms. The summed E-state index contributed by atoms with van der Waals surface area (Å²) in [5.41, 5.74) is 6.42. The number of nitrogen functional groups attached to an aromatic ring is 1. The molecule has 0 saturated carbocycles. The average Bonchev–Trinajstić information content (AvgIpc) is 2.70. The summed E-state index contributed by atoms with van der Waals surface area (Å²) in [6.45, 7) is 1.79. The maximum absolute atomic E-state index is 14.3. The Kier molecular flexibility index (Phi) is 6.08. The summed E-state index contributed by atoms with van der Waals surface area (Å²) in [5, 5.41) is 12.9. The standard InChI is InChI=1S/C21H17ClFN5O2/c1-11-2-6-17(15(8-11)21(30)28-18-7-4-13(22)10-26-18)27-20(29)14-5-3-12(19(24)25)9-16(14)23/h2-10H,1H3,(H3,24,25)(H,27,29)(H,26,28,30). The van der Waals surface area contributed by atoms with Crippen LogP contribution in [0.25, 0.3) is 0 Å². The van der Waals surface area contributed by atoms with Crippen molar-refractivity contribution in [1.82, 2.24) is 4.98 Å². The molecule has 3 rings (SSSR count). The van der Waals surface area contributed by atoms with Crippen LogP contribution in [0.5, 0.6) is 0 Å². The zero-order valence-corrected chi connectivity index (χ0v) is 16.5. The summed E-state index contributed by atoms with van der Waals surface area (Å²) in [6.07, 6.45) is 1.39. The third-order valence-corrected chi connectivity index (χ3v) is 4.39. The molecule has 1 aromatic heterocycles. The van der Waals surface area contributed by atoms with Crippen molar-refractivity contribution in [2.45, 2.75) is 6.92 Å². The van der Waals surface area contributed by atoms with Crippen LogP contribution < -0.4 is 16.4 Å². The van der Waals surface area contributed by atoms with Gasteiger partial charge in [-0.2, -0.15) is 0 Å². The normalized spacial score (nSPS) is 10.4. The maximum Gasteiger partial charge on any atom is 0.258 e. The topological polar surface area (TPSA) is 121 Å². The molecule has 3 aromatic rings. The van der Waals surface area contributed by atoms with E-state index in [4.69, 9.17) is 22.7 Å². The average molecular weight is 426 g/mol. The second-order valence-electron chi connectivity index (χ2n) is 6.43. The van der Waals surface area contributed by atoms with Crippen molar-refractivity contribution in [3.05, 3.63) is 87.8 Å². The van der Waals surface area contributed by atoms with E-state index in [9.17, 15) is 14.0 Å². The molecule has 0 spiro atoms. The quantitative estimate of drug-likeness (QED) is 0.365. The molecule has 0 aliphatic rings. The van der Waals surface area contributed by atoms with E-state index in [1.54, 1.807) is 37.3 Å². The maximum atomic E-state index is 14.3. The zero-order valence-electron chi connectivity index (χ0n) is 15.8. The first kappa shape index (κ1) is 20.9. The van der Waals surface area contributed by atoms with Crippen LogP contribution >= 0.6 is 11.6 Å². The van der Waals surface area contributed by atoms with E-state index in [-0.39, 0.29) is 34.0 Å². The van der Waals surface area contributed by atoms with Gasteiger partial charge in [0.2, 0.25) is 0 Å². The van der Waals surface area contributed by atoms with Gasteiger partial charge in [0.15, 0.2) is 0 Å². The predicted molar refractivity (Wildman–Crippen MR) is 114 cm³/mol. The fraction of sp³-hybridized carbons (Fsp3) is 0.0476. The molecule has 2 aromatic carbocycles. The fourth-order valence-electron chi connectivity index (χ4n) is 2.64. The number of anilines is 2. The van der Waals surface area contributed by atoms with Gasteiger partial charge >= 0.3 is 0 Å². The van der Waals surface area contributed by atoms with Gasteiger partial charge < -0.3 is 16.4 Å². The summed E-state index contributed by atoms with van der Waals surface area (Å²) in [4.78, 5) is 29.3. The van der Waals surface area contributed by atoms with Crippen molar-refractivity contribution in [2.24, 2.45) is 5.73 Å². The monoisotopic (exact) mass is 425 g/mol. The largest absolute Gasteiger partial charge is 0.384 e. The van der Waals surface area contributed by atoms with Gasteiger partial charge in [0, 0.05) is 11.8 Å². The van der Waals surface area contributed by atoms with E-state index in [2.05, 4.69) is 15.6 Å². The van der Waals surface area contributed by atoms with E-state index in [0.29, 0.717) is 5.02 Å². The van der Waals surface area contributed by atoms with Gasteiger partial charge in [0.25, 0.3) is 11.8 Å². The highest BCUT2D eigenvalue weighted by Crippen LogP contribution is 2.21. The van der Waals surface area contributed by atoms with E-state index in [1.807, 2.05) is 0 Å². The van der Waals surface area contributed by atoms with Crippen LogP contribution in [-0.4, -0.2) is 22.6 Å². The lowest BCUT2D eigenvalue weighted by Crippen LogP contribution is -2.20. The molecule has 0 atom stereocenters. The molecule has 5 N–H and O–H groups in total. The van der Waals surface area contributed by atoms with Gasteiger partial charge in [0.05, 0.1) is 21.8 Å². The van der Waals surface area contributed by atoms with Gasteiger partial charge in [-0.25, -0.2) is 9.37 Å². The minimum atomic E-state index is -0.830. The third-order valence-electron chi connectivity index (χ3n) is 4.16. The fourth-order valence-corrected chi connectivity index (χ4v) is 2.76. The van der Waals surface area contributed by atoms with Crippen molar-refractivity contribution in [1.29, 1.82) is 5.41 Å². The first-order valence-electron chi connectivity index (χ1n) is 8.73. The first-order valence-corrected chi connectivity index (χ1v) is 9.11. The number of nitrogens with zero attached hydrogens (tertiary/aromatic N) is 1. The zero-order chi connectivity index (χ0) is 21.8. The lowest BCUT2D eigenvalue weighted by atomic mass is 10.1. The summed E-state index contributed by atoms with van der Waals surface area (Å²) >= 11 is 5.79. The minimum absolute atomic E-state index is 0.162. The van der Waals surface area contributed by atoms with Gasteiger partial charge in [0.1, 0.15) is 17.5 Å². The van der Waals surface area contributed by atoms with Gasteiger partial charge in [-0.1, -0.05) is 29.3 Å². The number of pyridine rings is 1.